The number of fused-ring (bicyclic) bond motifs is 14. The van der Waals surface area contributed by atoms with Gasteiger partial charge in [0.1, 0.15) is 5.58 Å². The Morgan fingerprint density at radius 2 is 1.00 bits per heavy atom. The number of nitrogens with one attached hydrogen (secondary N) is 2. The van der Waals surface area contributed by atoms with E-state index in [0.29, 0.717) is 0 Å². The fourth-order valence-corrected chi connectivity index (χ4v) is 6.99. The van der Waals surface area contributed by atoms with Crippen LogP contribution < -0.4 is 0 Å². The van der Waals surface area contributed by atoms with Crippen molar-refractivity contribution < 1.29 is 4.42 Å². The number of para-hydroxylation sites is 4. The summed E-state index contributed by atoms with van der Waals surface area (Å²) in [6.07, 6.45) is 0. The van der Waals surface area contributed by atoms with Crippen LogP contribution in [-0.4, -0.2) is 14.5 Å². The van der Waals surface area contributed by atoms with Gasteiger partial charge in [-0.05, 0) is 36.4 Å². The minimum atomic E-state index is 0.899. The molecule has 0 bridgehead atoms. The second-order valence-electron chi connectivity index (χ2n) is 10.7. The van der Waals surface area contributed by atoms with Crippen LogP contribution in [-0.2, 0) is 0 Å². The molecule has 0 radical (unpaired) electrons. The van der Waals surface area contributed by atoms with Crippen LogP contribution in [0.5, 0.6) is 0 Å². The molecule has 10 aromatic rings. The summed E-state index contributed by atoms with van der Waals surface area (Å²) in [5.74, 6) is 0. The lowest BCUT2D eigenvalue weighted by molar-refractivity contribution is 0.666. The van der Waals surface area contributed by atoms with Crippen molar-refractivity contribution in [3.63, 3.8) is 0 Å². The summed E-state index contributed by atoms with van der Waals surface area (Å²) in [4.78, 5) is 7.57. The molecule has 40 heavy (non-hydrogen) atoms. The summed E-state index contributed by atoms with van der Waals surface area (Å²) in [6, 6.07) is 41.0. The van der Waals surface area contributed by atoms with E-state index in [2.05, 4.69) is 118 Å². The predicted molar refractivity (Wildman–Crippen MR) is 167 cm³/mol. The normalized spacial score (nSPS) is 12.5. The van der Waals surface area contributed by atoms with Gasteiger partial charge in [-0.1, -0.05) is 78.9 Å². The van der Waals surface area contributed by atoms with Crippen molar-refractivity contribution in [3.05, 3.63) is 115 Å². The number of hydrogen-bond donors (Lipinski definition) is 2. The van der Waals surface area contributed by atoms with Crippen LogP contribution in [0.15, 0.2) is 120 Å². The molecule has 0 fully saturated rings. The molecule has 4 heterocycles. The third-order valence-electron chi connectivity index (χ3n) is 8.68. The minimum absolute atomic E-state index is 0.899. The van der Waals surface area contributed by atoms with Gasteiger partial charge in [0.05, 0.1) is 27.8 Å². The van der Waals surface area contributed by atoms with Crippen molar-refractivity contribution in [2.24, 2.45) is 0 Å². The van der Waals surface area contributed by atoms with Crippen LogP contribution in [0.25, 0.3) is 93.0 Å². The molecule has 2 N–H and O–H groups in total. The number of H-pyrrole nitrogens is 2. The summed E-state index contributed by atoms with van der Waals surface area (Å²) >= 11 is 0. The lowest BCUT2D eigenvalue weighted by Crippen LogP contribution is -1.94. The van der Waals surface area contributed by atoms with E-state index >= 15 is 0 Å². The summed E-state index contributed by atoms with van der Waals surface area (Å²) < 4.78 is 8.92. The first-order valence-corrected chi connectivity index (χ1v) is 13.6. The SMILES string of the molecule is c1ccc2c(c1)[nH]c1c2ccc2c1c1c3[nH]c4ccccc4c3ccc1n2-c1cccc2c1oc1ccccc12. The van der Waals surface area contributed by atoms with Crippen LogP contribution in [0.3, 0.4) is 0 Å². The summed E-state index contributed by atoms with van der Waals surface area (Å²) in [6.45, 7) is 0. The number of rotatable bonds is 1. The highest BCUT2D eigenvalue weighted by atomic mass is 16.3. The van der Waals surface area contributed by atoms with Crippen molar-refractivity contribution in [3.8, 4) is 5.69 Å². The Hall–Kier alpha value is -5.48. The number of aromatic amines is 2. The Kier molecular flexibility index (Phi) is 3.65. The molecule has 0 saturated carbocycles. The van der Waals surface area contributed by atoms with E-state index in [4.69, 9.17) is 4.42 Å². The molecule has 4 aromatic heterocycles. The van der Waals surface area contributed by atoms with Gasteiger partial charge >= 0.3 is 0 Å². The van der Waals surface area contributed by atoms with Crippen molar-refractivity contribution in [2.75, 3.05) is 0 Å². The summed E-state index contributed by atoms with van der Waals surface area (Å²) in [5, 5.41) is 9.64. The maximum atomic E-state index is 6.54. The first kappa shape index (κ1) is 20.5. The van der Waals surface area contributed by atoms with Gasteiger partial charge in [0, 0.05) is 54.1 Å². The quantitative estimate of drug-likeness (QED) is 0.226. The minimum Gasteiger partial charge on any atom is -0.454 e. The lowest BCUT2D eigenvalue weighted by Gasteiger charge is -2.08. The number of benzene rings is 6. The monoisotopic (exact) mass is 511 g/mol. The van der Waals surface area contributed by atoms with Gasteiger partial charge in [0.2, 0.25) is 0 Å². The van der Waals surface area contributed by atoms with Crippen LogP contribution >= 0.6 is 0 Å². The molecule has 0 aliphatic rings. The van der Waals surface area contributed by atoms with Gasteiger partial charge in [0.25, 0.3) is 0 Å². The summed E-state index contributed by atoms with van der Waals surface area (Å²) in [5.41, 5.74) is 9.75. The number of hydrogen-bond acceptors (Lipinski definition) is 1. The zero-order chi connectivity index (χ0) is 25.9. The van der Waals surface area contributed by atoms with Crippen molar-refractivity contribution in [1.29, 1.82) is 0 Å². The fourth-order valence-electron chi connectivity index (χ4n) is 6.99. The molecule has 0 atom stereocenters. The van der Waals surface area contributed by atoms with Crippen LogP contribution in [0.2, 0.25) is 0 Å². The summed E-state index contributed by atoms with van der Waals surface area (Å²) in [7, 11) is 0. The predicted octanol–water partition coefficient (Wildman–Crippen LogP) is 9.95. The first-order chi connectivity index (χ1) is 19.8. The third-order valence-corrected chi connectivity index (χ3v) is 8.68. The lowest BCUT2D eigenvalue weighted by atomic mass is 10.1. The van der Waals surface area contributed by atoms with E-state index in [9.17, 15) is 0 Å². The second kappa shape index (κ2) is 7.13. The highest BCUT2D eigenvalue weighted by Crippen LogP contribution is 2.44. The molecule has 0 amide bonds. The van der Waals surface area contributed by atoms with E-state index in [1.807, 2.05) is 12.1 Å². The van der Waals surface area contributed by atoms with E-state index in [1.54, 1.807) is 0 Å². The zero-order valence-corrected chi connectivity index (χ0v) is 21.3. The smallest absolute Gasteiger partial charge is 0.159 e. The van der Waals surface area contributed by atoms with Crippen LogP contribution in [0.1, 0.15) is 0 Å². The van der Waals surface area contributed by atoms with E-state index in [-0.39, 0.29) is 0 Å². The number of furan rings is 1. The van der Waals surface area contributed by atoms with Gasteiger partial charge in [-0.25, -0.2) is 0 Å². The van der Waals surface area contributed by atoms with Crippen LogP contribution in [0.4, 0.5) is 0 Å². The molecule has 0 aliphatic carbocycles. The van der Waals surface area contributed by atoms with Crippen molar-refractivity contribution in [1.82, 2.24) is 14.5 Å². The van der Waals surface area contributed by atoms with E-state index in [1.165, 1.54) is 32.3 Å². The van der Waals surface area contributed by atoms with Gasteiger partial charge < -0.3 is 19.0 Å². The molecule has 10 rings (SSSR count). The topological polar surface area (TPSA) is 49.6 Å². The Morgan fingerprint density at radius 3 is 1.65 bits per heavy atom. The highest BCUT2D eigenvalue weighted by molar-refractivity contribution is 6.32. The van der Waals surface area contributed by atoms with Gasteiger partial charge in [-0.2, -0.15) is 0 Å². The zero-order valence-electron chi connectivity index (χ0n) is 21.3. The van der Waals surface area contributed by atoms with Gasteiger partial charge in [-0.15, -0.1) is 0 Å². The van der Waals surface area contributed by atoms with Crippen molar-refractivity contribution >= 4 is 87.4 Å². The standard InChI is InChI=1S/C36H21N3O/c1-4-12-26-20(8-1)23-16-18-28-32(34(23)37-26)33-29(19-17-24-21-9-2-5-13-27(21)38-35(24)33)39(28)30-14-7-11-25-22-10-3-6-15-31(22)40-36(25)30/h1-19,37-38H. The molecule has 0 spiro atoms. The molecular formula is C36H21N3O. The fraction of sp³-hybridized carbons (Fsp3) is 0. The molecule has 4 nitrogen and oxygen atoms in total. The maximum Gasteiger partial charge on any atom is 0.159 e. The second-order valence-corrected chi connectivity index (χ2v) is 10.7. The molecule has 6 aromatic carbocycles. The number of nitrogens with zero attached hydrogens (tertiary/aromatic N) is 1. The molecule has 0 saturated heterocycles. The third kappa shape index (κ3) is 2.42. The number of aromatic nitrogens is 3. The Balaban J connectivity index is 1.47. The molecule has 4 heteroatoms. The maximum absolute atomic E-state index is 6.54. The van der Waals surface area contributed by atoms with Gasteiger partial charge in [0.15, 0.2) is 5.58 Å². The Labute approximate surface area is 227 Å². The average Bonchev–Trinajstić information content (AvgIpc) is 3.75. The van der Waals surface area contributed by atoms with E-state index in [0.717, 1.165) is 60.7 Å². The molecule has 0 unspecified atom stereocenters. The molecule has 186 valence electrons. The van der Waals surface area contributed by atoms with Gasteiger partial charge in [-0.3, -0.25) is 0 Å². The van der Waals surface area contributed by atoms with Crippen molar-refractivity contribution in [2.45, 2.75) is 0 Å². The highest BCUT2D eigenvalue weighted by Gasteiger charge is 2.22. The average molecular weight is 512 g/mol. The molecular weight excluding hydrogens is 490 g/mol. The Bertz CT molecular complexity index is 2530. The first-order valence-electron chi connectivity index (χ1n) is 13.6. The Morgan fingerprint density at radius 1 is 0.450 bits per heavy atom. The van der Waals surface area contributed by atoms with E-state index < -0.39 is 0 Å². The largest absolute Gasteiger partial charge is 0.454 e. The molecule has 0 aliphatic heterocycles. The van der Waals surface area contributed by atoms with Crippen LogP contribution in [0, 0.1) is 0 Å².